The van der Waals surface area contributed by atoms with Crippen LogP contribution in [0.25, 0.3) is 11.0 Å². The predicted molar refractivity (Wildman–Crippen MR) is 138 cm³/mol. The number of thioether (sulfide) groups is 1. The number of urea groups is 1. The molecule has 4 N–H and O–H groups in total. The van der Waals surface area contributed by atoms with E-state index in [1.807, 2.05) is 6.26 Å². The molecule has 0 fully saturated rings. The van der Waals surface area contributed by atoms with Gasteiger partial charge in [0.2, 0.25) is 11.1 Å². The summed E-state index contributed by atoms with van der Waals surface area (Å²) in [6.45, 7) is 0.653. The molecule has 0 saturated carbocycles. The van der Waals surface area contributed by atoms with E-state index < -0.39 is 6.03 Å². The van der Waals surface area contributed by atoms with E-state index in [2.05, 4.69) is 36.1 Å². The van der Waals surface area contributed by atoms with Gasteiger partial charge in [-0.25, -0.2) is 9.78 Å². The summed E-state index contributed by atoms with van der Waals surface area (Å²) in [6.07, 6.45) is 1.89. The van der Waals surface area contributed by atoms with Gasteiger partial charge in [0.05, 0.1) is 24.2 Å². The highest BCUT2D eigenvalue weighted by Gasteiger charge is 2.10. The van der Waals surface area contributed by atoms with Crippen molar-refractivity contribution >= 4 is 62.8 Å². The zero-order chi connectivity index (χ0) is 25.3. The molecule has 0 aliphatic heterocycles. The topological polar surface area (TPSA) is 152 Å². The molecule has 0 spiro atoms. The van der Waals surface area contributed by atoms with E-state index in [9.17, 15) is 9.59 Å². The summed E-state index contributed by atoms with van der Waals surface area (Å²) in [6, 6.07) is 11.8. The molecule has 36 heavy (non-hydrogen) atoms. The number of ether oxygens (including phenoxy) is 3. The fourth-order valence-electron chi connectivity index (χ4n) is 2.93. The Labute approximate surface area is 214 Å². The highest BCUT2D eigenvalue weighted by molar-refractivity contribution is 8.00. The van der Waals surface area contributed by atoms with Gasteiger partial charge in [-0.1, -0.05) is 23.1 Å². The number of hydrogen-bond acceptors (Lipinski definition) is 10. The summed E-state index contributed by atoms with van der Waals surface area (Å²) in [5, 5.41) is 16.3. The fourth-order valence-corrected chi connectivity index (χ4v) is 4.10. The monoisotopic (exact) mass is 529 g/mol. The van der Waals surface area contributed by atoms with Crippen LogP contribution < -0.4 is 20.7 Å². The first-order valence-electron chi connectivity index (χ1n) is 10.6. The van der Waals surface area contributed by atoms with Crippen LogP contribution in [0.15, 0.2) is 46.8 Å². The lowest BCUT2D eigenvalue weighted by molar-refractivity contribution is -0.121. The minimum atomic E-state index is -0.415. The molecule has 188 valence electrons. The number of anilines is 3. The number of aromatic amines is 1. The molecule has 3 amide bonds. The molecule has 0 radical (unpaired) electrons. The first-order chi connectivity index (χ1) is 17.5. The van der Waals surface area contributed by atoms with Crippen molar-refractivity contribution < 1.29 is 23.8 Å². The van der Waals surface area contributed by atoms with Crippen molar-refractivity contribution in [1.82, 2.24) is 20.2 Å². The quantitative estimate of drug-likeness (QED) is 0.127. The van der Waals surface area contributed by atoms with E-state index in [-0.39, 0.29) is 12.5 Å². The van der Waals surface area contributed by atoms with Crippen molar-refractivity contribution in [3.8, 4) is 11.5 Å². The van der Waals surface area contributed by atoms with Crippen LogP contribution in [-0.2, 0) is 14.3 Å². The van der Waals surface area contributed by atoms with E-state index >= 15 is 0 Å². The van der Waals surface area contributed by atoms with Gasteiger partial charge in [-0.3, -0.25) is 15.4 Å². The number of nitrogens with one attached hydrogen (secondary N) is 4. The van der Waals surface area contributed by atoms with Crippen LogP contribution in [0.1, 0.15) is 0 Å². The van der Waals surface area contributed by atoms with E-state index in [1.165, 1.54) is 23.1 Å². The standard InChI is InChI=1S/C22H23N7O5S2/c1-32-9-10-33-12-18(30)26-19-24-16-8-7-15(11-17(16)25-19)34-14-5-3-13(4-6-14)23-20(31)27-21-28-29-22(35-2)36-21/h3-8,11H,9-10,12H2,1-2H3,(H2,23,27,28,31)(H2,24,25,26,30). The summed E-state index contributed by atoms with van der Waals surface area (Å²) < 4.78 is 16.7. The second-order valence-electron chi connectivity index (χ2n) is 7.14. The normalized spacial score (nSPS) is 10.8. The third-order valence-electron chi connectivity index (χ3n) is 4.53. The molecular weight excluding hydrogens is 506 g/mol. The zero-order valence-electron chi connectivity index (χ0n) is 19.4. The molecule has 0 unspecified atom stereocenters. The maximum absolute atomic E-state index is 12.2. The van der Waals surface area contributed by atoms with Crippen molar-refractivity contribution in [1.29, 1.82) is 0 Å². The molecule has 2 heterocycles. The molecule has 0 aliphatic carbocycles. The molecule has 4 rings (SSSR count). The van der Waals surface area contributed by atoms with Gasteiger partial charge in [-0.15, -0.1) is 10.2 Å². The van der Waals surface area contributed by atoms with Crippen LogP contribution in [0.5, 0.6) is 11.5 Å². The number of fused-ring (bicyclic) bond motifs is 1. The van der Waals surface area contributed by atoms with Gasteiger partial charge >= 0.3 is 6.03 Å². The van der Waals surface area contributed by atoms with Crippen LogP contribution in [0.4, 0.5) is 21.6 Å². The Morgan fingerprint density at radius 2 is 1.83 bits per heavy atom. The molecule has 12 nitrogen and oxygen atoms in total. The van der Waals surface area contributed by atoms with Crippen molar-refractivity contribution in [2.24, 2.45) is 0 Å². The van der Waals surface area contributed by atoms with Crippen LogP contribution in [0.2, 0.25) is 0 Å². The van der Waals surface area contributed by atoms with E-state index in [4.69, 9.17) is 14.2 Å². The van der Waals surface area contributed by atoms with Crippen LogP contribution >= 0.6 is 23.1 Å². The largest absolute Gasteiger partial charge is 0.457 e. The average Bonchev–Trinajstić information content (AvgIpc) is 3.48. The van der Waals surface area contributed by atoms with Gasteiger partial charge in [0.25, 0.3) is 5.91 Å². The van der Waals surface area contributed by atoms with Crippen molar-refractivity contribution in [3.05, 3.63) is 42.5 Å². The average molecular weight is 530 g/mol. The van der Waals surface area contributed by atoms with Gasteiger partial charge in [-0.2, -0.15) is 0 Å². The number of hydrogen-bond donors (Lipinski definition) is 4. The minimum Gasteiger partial charge on any atom is -0.457 e. The fraction of sp³-hybridized carbons (Fsp3) is 0.227. The Kier molecular flexibility index (Phi) is 8.67. The molecule has 4 aromatic rings. The number of carbonyl (C=O) groups excluding carboxylic acids is 2. The van der Waals surface area contributed by atoms with Crippen LogP contribution in [-0.4, -0.2) is 65.3 Å². The minimum absolute atomic E-state index is 0.0949. The number of amides is 3. The van der Waals surface area contributed by atoms with Gasteiger partial charge in [0, 0.05) is 18.9 Å². The first-order valence-corrected chi connectivity index (χ1v) is 12.7. The molecule has 0 bridgehead atoms. The van der Waals surface area contributed by atoms with E-state index in [0.29, 0.717) is 52.5 Å². The first kappa shape index (κ1) is 25.4. The second kappa shape index (κ2) is 12.3. The van der Waals surface area contributed by atoms with Gasteiger partial charge < -0.3 is 24.5 Å². The molecule has 2 aromatic heterocycles. The Bertz CT molecular complexity index is 1330. The van der Waals surface area contributed by atoms with Crippen LogP contribution in [0.3, 0.4) is 0 Å². The van der Waals surface area contributed by atoms with E-state index in [0.717, 1.165) is 4.34 Å². The maximum atomic E-state index is 12.2. The predicted octanol–water partition coefficient (Wildman–Crippen LogP) is 4.17. The number of nitrogens with zero attached hydrogens (tertiary/aromatic N) is 3. The Balaban J connectivity index is 1.30. The SMILES string of the molecule is COCCOCC(=O)Nc1nc2ccc(Oc3ccc(NC(=O)Nc4nnc(SC)s4)cc3)cc2[nH]1. The maximum Gasteiger partial charge on any atom is 0.325 e. The summed E-state index contributed by atoms with van der Waals surface area (Å²) in [4.78, 5) is 31.5. The number of rotatable bonds is 11. The third kappa shape index (κ3) is 7.14. The number of H-pyrrole nitrogens is 1. The molecule has 0 aliphatic rings. The summed E-state index contributed by atoms with van der Waals surface area (Å²) in [5.74, 6) is 1.15. The summed E-state index contributed by atoms with van der Waals surface area (Å²) >= 11 is 2.76. The molecule has 2 aromatic carbocycles. The smallest absolute Gasteiger partial charge is 0.325 e. The van der Waals surface area contributed by atoms with Crippen molar-refractivity contribution in [2.75, 3.05) is 49.1 Å². The zero-order valence-corrected chi connectivity index (χ0v) is 21.0. The second-order valence-corrected chi connectivity index (χ2v) is 9.17. The van der Waals surface area contributed by atoms with Gasteiger partial charge in [0.1, 0.15) is 18.1 Å². The lowest BCUT2D eigenvalue weighted by Gasteiger charge is -2.08. The number of carbonyl (C=O) groups is 2. The highest BCUT2D eigenvalue weighted by Crippen LogP contribution is 2.27. The lowest BCUT2D eigenvalue weighted by Crippen LogP contribution is -2.20. The summed E-state index contributed by atoms with van der Waals surface area (Å²) in [5.41, 5.74) is 1.95. The number of imidazole rings is 1. The Morgan fingerprint density at radius 3 is 2.58 bits per heavy atom. The number of methoxy groups -OCH3 is 1. The number of benzene rings is 2. The molecule has 0 atom stereocenters. The van der Waals surface area contributed by atoms with Gasteiger partial charge in [0.15, 0.2) is 4.34 Å². The Hall–Kier alpha value is -3.72. The number of aromatic nitrogens is 4. The van der Waals surface area contributed by atoms with Crippen molar-refractivity contribution in [3.63, 3.8) is 0 Å². The molecular formula is C22H23N7O5S2. The molecule has 14 heteroatoms. The Morgan fingerprint density at radius 1 is 1.03 bits per heavy atom. The lowest BCUT2D eigenvalue weighted by atomic mass is 10.3. The summed E-state index contributed by atoms with van der Waals surface area (Å²) in [7, 11) is 1.56. The highest BCUT2D eigenvalue weighted by atomic mass is 32.2. The van der Waals surface area contributed by atoms with Crippen LogP contribution in [0, 0.1) is 0 Å². The van der Waals surface area contributed by atoms with Crippen molar-refractivity contribution in [2.45, 2.75) is 4.34 Å². The molecule has 0 saturated heterocycles. The van der Waals surface area contributed by atoms with E-state index in [1.54, 1.807) is 49.6 Å². The third-order valence-corrected chi connectivity index (χ3v) is 6.34. The van der Waals surface area contributed by atoms with Gasteiger partial charge in [-0.05, 0) is 42.7 Å².